The Morgan fingerprint density at radius 2 is 1.89 bits per heavy atom. The molecule has 0 aliphatic carbocycles. The van der Waals surface area contributed by atoms with E-state index in [-0.39, 0.29) is 11.6 Å². The third-order valence-corrected chi connectivity index (χ3v) is 4.06. The zero-order chi connectivity index (χ0) is 19.1. The highest BCUT2D eigenvalue weighted by Gasteiger charge is 2.12. The molecule has 0 spiro atoms. The number of rotatable bonds is 8. The Morgan fingerprint density at radius 3 is 2.56 bits per heavy atom. The molecular weight excluding hydrogens is 345 g/mol. The Bertz CT molecular complexity index is 903. The Hall–Kier alpha value is -3.40. The second-order valence-corrected chi connectivity index (χ2v) is 6.03. The van der Waals surface area contributed by atoms with Crippen molar-refractivity contribution in [3.63, 3.8) is 0 Å². The van der Waals surface area contributed by atoms with E-state index < -0.39 is 0 Å². The fraction of sp³-hybridized carbons (Fsp3) is 0.250. The molecule has 0 aliphatic heterocycles. The van der Waals surface area contributed by atoms with Gasteiger partial charge in [0.05, 0.1) is 30.5 Å². The van der Waals surface area contributed by atoms with Crippen molar-refractivity contribution in [1.29, 1.82) is 5.26 Å². The van der Waals surface area contributed by atoms with Crippen LogP contribution in [0.15, 0.2) is 55.1 Å². The summed E-state index contributed by atoms with van der Waals surface area (Å²) in [5.41, 5.74) is 2.31. The lowest BCUT2D eigenvalue weighted by Crippen LogP contribution is -2.27. The maximum atomic E-state index is 14.0. The van der Waals surface area contributed by atoms with Gasteiger partial charge < -0.3 is 4.74 Å². The molecular formula is C20H20FN5O. The van der Waals surface area contributed by atoms with E-state index in [1.54, 1.807) is 41.6 Å². The van der Waals surface area contributed by atoms with Crippen LogP contribution in [0.4, 0.5) is 10.1 Å². The number of hydrogen-bond acceptors (Lipinski definition) is 5. The predicted molar refractivity (Wildman–Crippen MR) is 99.6 cm³/mol. The van der Waals surface area contributed by atoms with Crippen molar-refractivity contribution in [2.45, 2.75) is 26.3 Å². The number of halogens is 1. The molecule has 3 aromatic rings. The number of aromatic nitrogens is 3. The molecule has 138 valence electrons. The molecule has 0 unspecified atom stereocenters. The molecule has 0 radical (unpaired) electrons. The lowest BCUT2D eigenvalue weighted by Gasteiger charge is -2.25. The van der Waals surface area contributed by atoms with Crippen LogP contribution in [-0.4, -0.2) is 21.5 Å². The summed E-state index contributed by atoms with van der Waals surface area (Å²) in [7, 11) is 0. The summed E-state index contributed by atoms with van der Waals surface area (Å²) in [5.74, 6) is -0.117. The van der Waals surface area contributed by atoms with Gasteiger partial charge in [-0.3, -0.25) is 5.01 Å². The lowest BCUT2D eigenvalue weighted by atomic mass is 10.1. The summed E-state index contributed by atoms with van der Waals surface area (Å²) in [6.45, 7) is 3.00. The van der Waals surface area contributed by atoms with E-state index in [4.69, 9.17) is 10.00 Å². The predicted octanol–water partition coefficient (Wildman–Crippen LogP) is 3.94. The van der Waals surface area contributed by atoms with Gasteiger partial charge in [-0.2, -0.15) is 5.26 Å². The van der Waals surface area contributed by atoms with Crippen molar-refractivity contribution in [2.75, 3.05) is 11.6 Å². The molecule has 1 heterocycles. The number of benzene rings is 2. The molecule has 7 heteroatoms. The lowest BCUT2D eigenvalue weighted by molar-refractivity contribution is 0.294. The third kappa shape index (κ3) is 4.61. The minimum atomic E-state index is -0.371. The maximum absolute atomic E-state index is 14.0. The van der Waals surface area contributed by atoms with Gasteiger partial charge in [-0.15, -0.1) is 10.2 Å². The molecule has 0 N–H and O–H groups in total. The van der Waals surface area contributed by atoms with Crippen LogP contribution in [0.3, 0.4) is 0 Å². The number of nitriles is 1. The van der Waals surface area contributed by atoms with Crippen LogP contribution >= 0.6 is 0 Å². The van der Waals surface area contributed by atoms with Gasteiger partial charge in [0, 0.05) is 0 Å². The summed E-state index contributed by atoms with van der Waals surface area (Å²) in [5, 5.41) is 18.6. The SMILES string of the molecule is CCCCOc1cc(CN(c2ccc(C#N)cc2)n2cnnc2)ccc1F. The second-order valence-electron chi connectivity index (χ2n) is 6.03. The largest absolute Gasteiger partial charge is 0.491 e. The molecule has 27 heavy (non-hydrogen) atoms. The Kier molecular flexibility index (Phi) is 6.00. The van der Waals surface area contributed by atoms with Crippen LogP contribution in [0.2, 0.25) is 0 Å². The zero-order valence-corrected chi connectivity index (χ0v) is 15.0. The molecule has 0 atom stereocenters. The minimum Gasteiger partial charge on any atom is -0.491 e. The fourth-order valence-corrected chi connectivity index (χ4v) is 2.59. The van der Waals surface area contributed by atoms with Crippen molar-refractivity contribution in [2.24, 2.45) is 0 Å². The van der Waals surface area contributed by atoms with Gasteiger partial charge in [-0.05, 0) is 48.4 Å². The molecule has 0 saturated heterocycles. The highest BCUT2D eigenvalue weighted by Crippen LogP contribution is 2.23. The molecule has 1 aromatic heterocycles. The zero-order valence-electron chi connectivity index (χ0n) is 15.0. The van der Waals surface area contributed by atoms with Crippen LogP contribution in [0, 0.1) is 17.1 Å². The Morgan fingerprint density at radius 1 is 1.15 bits per heavy atom. The first-order valence-corrected chi connectivity index (χ1v) is 8.75. The molecule has 0 saturated carbocycles. The average molecular weight is 365 g/mol. The monoisotopic (exact) mass is 365 g/mol. The van der Waals surface area contributed by atoms with Crippen LogP contribution in [0.5, 0.6) is 5.75 Å². The quantitative estimate of drug-likeness (QED) is 0.566. The summed E-state index contributed by atoms with van der Waals surface area (Å²) < 4.78 is 21.3. The molecule has 0 aliphatic rings. The smallest absolute Gasteiger partial charge is 0.165 e. The molecule has 0 fully saturated rings. The summed E-state index contributed by atoms with van der Waals surface area (Å²) in [6.07, 6.45) is 5.03. The highest BCUT2D eigenvalue weighted by molar-refractivity contribution is 5.50. The van der Waals surface area contributed by atoms with Crippen molar-refractivity contribution in [1.82, 2.24) is 14.9 Å². The van der Waals surface area contributed by atoms with E-state index in [2.05, 4.69) is 23.2 Å². The van der Waals surface area contributed by atoms with Crippen LogP contribution < -0.4 is 9.75 Å². The third-order valence-electron chi connectivity index (χ3n) is 4.06. The number of anilines is 1. The van der Waals surface area contributed by atoms with E-state index in [0.29, 0.717) is 18.7 Å². The average Bonchev–Trinajstić information content (AvgIpc) is 3.23. The van der Waals surface area contributed by atoms with Crippen LogP contribution in [0.1, 0.15) is 30.9 Å². The Balaban J connectivity index is 1.86. The number of ether oxygens (including phenoxy) is 1. The summed E-state index contributed by atoms with van der Waals surface area (Å²) >= 11 is 0. The highest BCUT2D eigenvalue weighted by atomic mass is 19.1. The Labute approximate surface area is 157 Å². The number of hydrogen-bond donors (Lipinski definition) is 0. The topological polar surface area (TPSA) is 67.0 Å². The first-order chi connectivity index (χ1) is 13.2. The number of unbranched alkanes of at least 4 members (excludes halogenated alkanes) is 1. The van der Waals surface area contributed by atoms with Crippen LogP contribution in [0.25, 0.3) is 0 Å². The van der Waals surface area contributed by atoms with E-state index in [0.717, 1.165) is 24.1 Å². The maximum Gasteiger partial charge on any atom is 0.165 e. The van der Waals surface area contributed by atoms with Gasteiger partial charge >= 0.3 is 0 Å². The molecule has 2 aromatic carbocycles. The molecule has 0 bridgehead atoms. The molecule has 0 amide bonds. The molecule has 6 nitrogen and oxygen atoms in total. The van der Waals surface area contributed by atoms with E-state index in [1.807, 2.05) is 17.1 Å². The van der Waals surface area contributed by atoms with Crippen molar-refractivity contribution < 1.29 is 9.13 Å². The first-order valence-electron chi connectivity index (χ1n) is 8.75. The molecule has 3 rings (SSSR count). The standard InChI is InChI=1S/C20H20FN5O/c1-2-3-10-27-20-11-17(6-9-19(20)21)13-26(25-14-23-24-15-25)18-7-4-16(12-22)5-8-18/h4-9,11,14-15H,2-3,10,13H2,1H3. The van der Waals surface area contributed by atoms with Gasteiger partial charge in [-0.25, -0.2) is 9.07 Å². The van der Waals surface area contributed by atoms with E-state index in [1.165, 1.54) is 6.07 Å². The van der Waals surface area contributed by atoms with Gasteiger partial charge in [0.15, 0.2) is 11.6 Å². The second kappa shape index (κ2) is 8.81. The first kappa shape index (κ1) is 18.4. The summed E-state index contributed by atoms with van der Waals surface area (Å²) in [4.78, 5) is 0. The fourth-order valence-electron chi connectivity index (χ4n) is 2.59. The van der Waals surface area contributed by atoms with Gasteiger partial charge in [0.1, 0.15) is 12.7 Å². The van der Waals surface area contributed by atoms with E-state index >= 15 is 0 Å². The minimum absolute atomic E-state index is 0.254. The van der Waals surface area contributed by atoms with Crippen molar-refractivity contribution >= 4 is 5.69 Å². The normalized spacial score (nSPS) is 10.4. The van der Waals surface area contributed by atoms with E-state index in [9.17, 15) is 4.39 Å². The van der Waals surface area contributed by atoms with Crippen molar-refractivity contribution in [3.05, 3.63) is 72.1 Å². The number of nitrogens with zero attached hydrogens (tertiary/aromatic N) is 5. The summed E-state index contributed by atoms with van der Waals surface area (Å²) in [6, 6.07) is 14.2. The van der Waals surface area contributed by atoms with Gasteiger partial charge in [0.2, 0.25) is 0 Å². The van der Waals surface area contributed by atoms with Gasteiger partial charge in [-0.1, -0.05) is 19.4 Å². The van der Waals surface area contributed by atoms with Crippen LogP contribution in [-0.2, 0) is 6.54 Å². The van der Waals surface area contributed by atoms with Gasteiger partial charge in [0.25, 0.3) is 0 Å². The van der Waals surface area contributed by atoms with Crippen molar-refractivity contribution in [3.8, 4) is 11.8 Å².